The standard InChI is InChI=1S/C26H20N2O5/c1-17-7-5-6-10-21(17)27-24(19-12-14-20(15-13-19)28(32)33)23(25(30)26(27)31)22(29)16-11-18-8-3-2-4-9-18/h2-16,24,30H,1H3/b16-11+/t24-/m1/s1. The zero-order chi connectivity index (χ0) is 23.5. The minimum absolute atomic E-state index is 0.0794. The lowest BCUT2D eigenvalue weighted by Crippen LogP contribution is -2.31. The number of amides is 1. The Hall–Kier alpha value is -4.52. The summed E-state index contributed by atoms with van der Waals surface area (Å²) in [6.45, 7) is 1.82. The van der Waals surface area contributed by atoms with Crippen LogP contribution in [0.2, 0.25) is 0 Å². The largest absolute Gasteiger partial charge is 0.503 e. The van der Waals surface area contributed by atoms with Crippen molar-refractivity contribution in [3.05, 3.63) is 123 Å². The van der Waals surface area contributed by atoms with Gasteiger partial charge in [0.1, 0.15) is 0 Å². The normalized spacial score (nSPS) is 16.0. The Morgan fingerprint density at radius 2 is 1.64 bits per heavy atom. The maximum Gasteiger partial charge on any atom is 0.294 e. The van der Waals surface area contributed by atoms with Gasteiger partial charge in [-0.25, -0.2) is 0 Å². The molecule has 7 heteroatoms. The number of benzene rings is 3. The third kappa shape index (κ3) is 4.16. The van der Waals surface area contributed by atoms with Crippen LogP contribution in [-0.4, -0.2) is 21.7 Å². The molecule has 0 unspecified atom stereocenters. The molecule has 0 saturated carbocycles. The summed E-state index contributed by atoms with van der Waals surface area (Å²) in [5.74, 6) is -1.86. The molecule has 4 rings (SSSR count). The van der Waals surface area contributed by atoms with Gasteiger partial charge in [-0.2, -0.15) is 0 Å². The van der Waals surface area contributed by atoms with Gasteiger partial charge in [-0.3, -0.25) is 24.6 Å². The molecular formula is C26H20N2O5. The molecule has 7 nitrogen and oxygen atoms in total. The van der Waals surface area contributed by atoms with Crippen LogP contribution in [0, 0.1) is 17.0 Å². The third-order valence-corrected chi connectivity index (χ3v) is 5.49. The minimum atomic E-state index is -0.938. The van der Waals surface area contributed by atoms with Crippen LogP contribution in [0.4, 0.5) is 11.4 Å². The Bertz CT molecular complexity index is 1290. The van der Waals surface area contributed by atoms with E-state index in [0.29, 0.717) is 11.3 Å². The Balaban J connectivity index is 1.81. The molecule has 3 aromatic rings. The number of aliphatic hydroxyl groups is 1. The first-order valence-electron chi connectivity index (χ1n) is 10.2. The molecule has 164 valence electrons. The van der Waals surface area contributed by atoms with Crippen LogP contribution >= 0.6 is 0 Å². The molecule has 0 aromatic heterocycles. The number of rotatable bonds is 6. The summed E-state index contributed by atoms with van der Waals surface area (Å²) in [4.78, 5) is 38.3. The van der Waals surface area contributed by atoms with E-state index in [1.54, 1.807) is 18.2 Å². The number of para-hydroxylation sites is 1. The summed E-state index contributed by atoms with van der Waals surface area (Å²) in [7, 11) is 0. The van der Waals surface area contributed by atoms with Crippen molar-refractivity contribution in [1.82, 2.24) is 0 Å². The van der Waals surface area contributed by atoms with Gasteiger partial charge in [-0.05, 0) is 47.9 Å². The van der Waals surface area contributed by atoms with Crippen LogP contribution in [0.3, 0.4) is 0 Å². The molecular weight excluding hydrogens is 420 g/mol. The zero-order valence-corrected chi connectivity index (χ0v) is 17.7. The third-order valence-electron chi connectivity index (χ3n) is 5.49. The van der Waals surface area contributed by atoms with Crippen molar-refractivity contribution in [2.24, 2.45) is 0 Å². The number of allylic oxidation sites excluding steroid dienone is 1. The first-order chi connectivity index (χ1) is 15.9. The van der Waals surface area contributed by atoms with Crippen molar-refractivity contribution >= 4 is 29.1 Å². The number of anilines is 1. The van der Waals surface area contributed by atoms with E-state index in [9.17, 15) is 24.8 Å². The SMILES string of the molecule is Cc1ccccc1N1C(=O)C(O)=C(C(=O)/C=C/c2ccccc2)[C@H]1c1ccc([N+](=O)[O-])cc1. The number of carbonyl (C=O) groups is 2. The maximum atomic E-state index is 13.2. The van der Waals surface area contributed by atoms with E-state index in [0.717, 1.165) is 11.1 Å². The Morgan fingerprint density at radius 1 is 1.00 bits per heavy atom. The van der Waals surface area contributed by atoms with Gasteiger partial charge in [0.05, 0.1) is 16.5 Å². The molecule has 1 amide bonds. The van der Waals surface area contributed by atoms with Crippen LogP contribution in [0.15, 0.2) is 96.3 Å². The molecule has 0 fully saturated rings. The lowest BCUT2D eigenvalue weighted by atomic mass is 9.94. The van der Waals surface area contributed by atoms with Gasteiger partial charge < -0.3 is 5.11 Å². The minimum Gasteiger partial charge on any atom is -0.503 e. The van der Waals surface area contributed by atoms with Gasteiger partial charge in [0, 0.05) is 17.8 Å². The Morgan fingerprint density at radius 3 is 2.27 bits per heavy atom. The molecule has 1 atom stereocenters. The highest BCUT2D eigenvalue weighted by Crippen LogP contribution is 2.42. The van der Waals surface area contributed by atoms with Crippen molar-refractivity contribution in [1.29, 1.82) is 0 Å². The van der Waals surface area contributed by atoms with Crippen LogP contribution in [0.25, 0.3) is 6.08 Å². The van der Waals surface area contributed by atoms with E-state index < -0.39 is 28.4 Å². The molecule has 0 aliphatic carbocycles. The van der Waals surface area contributed by atoms with Gasteiger partial charge >= 0.3 is 0 Å². The number of non-ortho nitro benzene ring substituents is 1. The fraction of sp³-hybridized carbons (Fsp3) is 0.0769. The second-order valence-corrected chi connectivity index (χ2v) is 7.58. The van der Waals surface area contributed by atoms with Crippen LogP contribution in [0.1, 0.15) is 22.7 Å². The summed E-state index contributed by atoms with van der Waals surface area (Å²) in [5, 5.41) is 21.8. The first-order valence-corrected chi connectivity index (χ1v) is 10.2. The molecule has 33 heavy (non-hydrogen) atoms. The van der Waals surface area contributed by atoms with Crippen molar-refractivity contribution in [2.45, 2.75) is 13.0 Å². The number of aryl methyl sites for hydroxylation is 1. The van der Waals surface area contributed by atoms with Crippen LogP contribution in [0.5, 0.6) is 0 Å². The number of aliphatic hydroxyl groups excluding tert-OH is 1. The lowest BCUT2D eigenvalue weighted by molar-refractivity contribution is -0.384. The number of carbonyl (C=O) groups excluding carboxylic acids is 2. The van der Waals surface area contributed by atoms with Crippen LogP contribution in [-0.2, 0) is 9.59 Å². The molecule has 3 aromatic carbocycles. The highest BCUT2D eigenvalue weighted by molar-refractivity contribution is 6.20. The van der Waals surface area contributed by atoms with E-state index >= 15 is 0 Å². The fourth-order valence-electron chi connectivity index (χ4n) is 3.86. The lowest BCUT2D eigenvalue weighted by Gasteiger charge is -2.28. The topological polar surface area (TPSA) is 101 Å². The fourth-order valence-corrected chi connectivity index (χ4v) is 3.86. The molecule has 1 aliphatic rings. The summed E-state index contributed by atoms with van der Waals surface area (Å²) in [5.41, 5.74) is 2.38. The second-order valence-electron chi connectivity index (χ2n) is 7.58. The highest BCUT2D eigenvalue weighted by atomic mass is 16.6. The molecule has 0 saturated heterocycles. The average Bonchev–Trinajstić information content (AvgIpc) is 3.09. The summed E-state index contributed by atoms with van der Waals surface area (Å²) in [6.07, 6.45) is 2.92. The van der Waals surface area contributed by atoms with Crippen LogP contribution < -0.4 is 4.90 Å². The molecule has 1 N–H and O–H groups in total. The highest BCUT2D eigenvalue weighted by Gasteiger charge is 2.44. The number of nitrogens with zero attached hydrogens (tertiary/aromatic N) is 2. The average molecular weight is 440 g/mol. The van der Waals surface area contributed by atoms with Crippen molar-refractivity contribution in [2.75, 3.05) is 4.90 Å². The summed E-state index contributed by atoms with van der Waals surface area (Å²) in [6, 6.07) is 21.0. The zero-order valence-electron chi connectivity index (χ0n) is 17.7. The summed E-state index contributed by atoms with van der Waals surface area (Å²) >= 11 is 0. The van der Waals surface area contributed by atoms with Gasteiger partial charge in [-0.1, -0.05) is 54.6 Å². The Labute approximate surface area is 190 Å². The smallest absolute Gasteiger partial charge is 0.294 e. The number of hydrogen-bond acceptors (Lipinski definition) is 5. The van der Waals surface area contributed by atoms with E-state index in [4.69, 9.17) is 0 Å². The van der Waals surface area contributed by atoms with Crippen molar-refractivity contribution in [3.8, 4) is 0 Å². The number of nitro benzene ring substituents is 1. The molecule has 1 heterocycles. The molecule has 0 radical (unpaired) electrons. The van der Waals surface area contributed by atoms with Crippen molar-refractivity contribution < 1.29 is 19.6 Å². The van der Waals surface area contributed by atoms with Gasteiger partial charge in [0.25, 0.3) is 11.6 Å². The number of hydrogen-bond donors (Lipinski definition) is 1. The second kappa shape index (κ2) is 8.92. The predicted molar refractivity (Wildman–Crippen MR) is 125 cm³/mol. The van der Waals surface area contributed by atoms with Gasteiger partial charge in [-0.15, -0.1) is 0 Å². The molecule has 0 spiro atoms. The van der Waals surface area contributed by atoms with E-state index in [-0.39, 0.29) is 11.3 Å². The monoisotopic (exact) mass is 440 g/mol. The predicted octanol–water partition coefficient (Wildman–Crippen LogP) is 5.09. The van der Waals surface area contributed by atoms with Gasteiger partial charge in [0.2, 0.25) is 0 Å². The number of ketones is 1. The van der Waals surface area contributed by atoms with E-state index in [2.05, 4.69) is 0 Å². The number of nitro groups is 1. The summed E-state index contributed by atoms with van der Waals surface area (Å²) < 4.78 is 0. The van der Waals surface area contributed by atoms with Crippen molar-refractivity contribution in [3.63, 3.8) is 0 Å². The quantitative estimate of drug-likeness (QED) is 0.327. The van der Waals surface area contributed by atoms with Gasteiger partial charge in [0.15, 0.2) is 11.5 Å². The first kappa shape index (κ1) is 21.7. The van der Waals surface area contributed by atoms with E-state index in [1.807, 2.05) is 49.4 Å². The molecule has 0 bridgehead atoms. The van der Waals surface area contributed by atoms with E-state index in [1.165, 1.54) is 35.2 Å². The Kier molecular flexibility index (Phi) is 5.87. The molecule has 1 aliphatic heterocycles. The maximum absolute atomic E-state index is 13.2.